The van der Waals surface area contributed by atoms with Crippen LogP contribution < -0.4 is 0 Å². The molecular formula is C15H21NO2S. The second-order valence-electron chi connectivity index (χ2n) is 4.82. The van der Waals surface area contributed by atoms with Crippen LogP contribution in [0.25, 0.3) is 0 Å². The minimum atomic E-state index is 0.122. The molecule has 0 saturated heterocycles. The van der Waals surface area contributed by atoms with Crippen molar-refractivity contribution in [3.8, 4) is 11.8 Å². The van der Waals surface area contributed by atoms with E-state index in [-0.39, 0.29) is 13.2 Å². The summed E-state index contributed by atoms with van der Waals surface area (Å²) in [7, 11) is 0. The summed E-state index contributed by atoms with van der Waals surface area (Å²) in [6.45, 7) is 2.02. The molecule has 0 aromatic carbocycles. The smallest absolute Gasteiger partial charge is 0.0771 e. The largest absolute Gasteiger partial charge is 0.395 e. The van der Waals surface area contributed by atoms with Crippen molar-refractivity contribution < 1.29 is 10.2 Å². The van der Waals surface area contributed by atoms with Gasteiger partial charge in [0.1, 0.15) is 0 Å². The molecule has 2 N–H and O–H groups in total. The highest BCUT2D eigenvalue weighted by molar-refractivity contribution is 7.12. The Hall–Kier alpha value is -0.860. The monoisotopic (exact) mass is 279 g/mol. The first kappa shape index (κ1) is 14.5. The Bertz CT molecular complexity index is 442. The van der Waals surface area contributed by atoms with Gasteiger partial charge in [0.2, 0.25) is 0 Å². The fourth-order valence-corrected chi connectivity index (χ4v) is 3.11. The van der Waals surface area contributed by atoms with Crippen molar-refractivity contribution >= 4 is 11.3 Å². The van der Waals surface area contributed by atoms with Crippen molar-refractivity contribution in [2.75, 3.05) is 19.8 Å². The van der Waals surface area contributed by atoms with E-state index >= 15 is 0 Å². The van der Waals surface area contributed by atoms with Gasteiger partial charge < -0.3 is 10.2 Å². The van der Waals surface area contributed by atoms with Gasteiger partial charge in [0, 0.05) is 30.4 Å². The summed E-state index contributed by atoms with van der Waals surface area (Å²) in [6, 6.07) is 4.82. The second kappa shape index (κ2) is 7.66. The van der Waals surface area contributed by atoms with Gasteiger partial charge in [0.25, 0.3) is 0 Å². The van der Waals surface area contributed by atoms with Gasteiger partial charge in [-0.3, -0.25) is 4.90 Å². The normalized spacial score (nSPS) is 15.1. The molecule has 104 valence electrons. The maximum absolute atomic E-state index is 9.15. The molecule has 1 aromatic heterocycles. The highest BCUT2D eigenvalue weighted by Gasteiger charge is 2.24. The zero-order valence-electron chi connectivity index (χ0n) is 11.1. The number of aliphatic hydroxyl groups excluding tert-OH is 2. The lowest BCUT2D eigenvalue weighted by atomic mass is 9.91. The van der Waals surface area contributed by atoms with Crippen LogP contribution in [-0.2, 0) is 6.54 Å². The van der Waals surface area contributed by atoms with Crippen LogP contribution in [0.15, 0.2) is 12.1 Å². The third-order valence-corrected chi connectivity index (χ3v) is 4.43. The molecule has 0 radical (unpaired) electrons. The minimum absolute atomic E-state index is 0.122. The topological polar surface area (TPSA) is 43.7 Å². The number of thiophene rings is 1. The standard InChI is InChI=1S/C15H21NO2S/c17-10-2-1-6-14-7-8-15(19-14)12-16(9-11-18)13-4-3-5-13/h7-8,13,17-18H,2-5,9-12H2. The van der Waals surface area contributed by atoms with Gasteiger partial charge in [-0.25, -0.2) is 0 Å². The van der Waals surface area contributed by atoms with Crippen molar-refractivity contribution in [2.24, 2.45) is 0 Å². The molecule has 0 bridgehead atoms. The molecule has 1 aromatic rings. The Morgan fingerprint density at radius 2 is 2.11 bits per heavy atom. The number of aliphatic hydroxyl groups is 2. The average molecular weight is 279 g/mol. The van der Waals surface area contributed by atoms with E-state index in [0.717, 1.165) is 18.0 Å². The van der Waals surface area contributed by atoms with E-state index in [0.29, 0.717) is 12.5 Å². The highest BCUT2D eigenvalue weighted by atomic mass is 32.1. The minimum Gasteiger partial charge on any atom is -0.395 e. The number of rotatable bonds is 6. The van der Waals surface area contributed by atoms with Crippen LogP contribution in [0.4, 0.5) is 0 Å². The summed E-state index contributed by atoms with van der Waals surface area (Å²) in [4.78, 5) is 4.73. The van der Waals surface area contributed by atoms with Crippen LogP contribution in [0.2, 0.25) is 0 Å². The van der Waals surface area contributed by atoms with Crippen LogP contribution in [0, 0.1) is 11.8 Å². The maximum Gasteiger partial charge on any atom is 0.0771 e. The summed E-state index contributed by atoms with van der Waals surface area (Å²) in [5.41, 5.74) is 0. The summed E-state index contributed by atoms with van der Waals surface area (Å²) in [6.07, 6.45) is 4.37. The molecule has 4 heteroatoms. The predicted molar refractivity (Wildman–Crippen MR) is 78.0 cm³/mol. The van der Waals surface area contributed by atoms with Crippen LogP contribution >= 0.6 is 11.3 Å². The van der Waals surface area contributed by atoms with Crippen LogP contribution in [-0.4, -0.2) is 40.9 Å². The van der Waals surface area contributed by atoms with E-state index in [2.05, 4.69) is 22.8 Å². The zero-order chi connectivity index (χ0) is 13.5. The molecule has 1 saturated carbocycles. The Balaban J connectivity index is 1.92. The summed E-state index contributed by atoms with van der Waals surface area (Å²) < 4.78 is 0. The maximum atomic E-state index is 9.15. The van der Waals surface area contributed by atoms with Crippen molar-refractivity contribution in [1.82, 2.24) is 4.90 Å². The Morgan fingerprint density at radius 3 is 2.74 bits per heavy atom. The molecule has 0 atom stereocenters. The quantitative estimate of drug-likeness (QED) is 0.781. The summed E-state index contributed by atoms with van der Waals surface area (Å²) >= 11 is 1.71. The zero-order valence-corrected chi connectivity index (χ0v) is 12.0. The fraction of sp³-hybridized carbons (Fsp3) is 0.600. The predicted octanol–water partition coefficient (Wildman–Crippen LogP) is 1.83. The third-order valence-electron chi connectivity index (χ3n) is 3.45. The van der Waals surface area contributed by atoms with Gasteiger partial charge in [0.05, 0.1) is 18.1 Å². The molecule has 0 amide bonds. The lowest BCUT2D eigenvalue weighted by Gasteiger charge is -2.36. The van der Waals surface area contributed by atoms with Crippen molar-refractivity contribution in [3.63, 3.8) is 0 Å². The molecular weight excluding hydrogens is 258 g/mol. The van der Waals surface area contributed by atoms with Crippen molar-refractivity contribution in [2.45, 2.75) is 38.3 Å². The summed E-state index contributed by atoms with van der Waals surface area (Å²) in [5, 5.41) is 17.8. The molecule has 19 heavy (non-hydrogen) atoms. The molecule has 0 spiro atoms. The fourth-order valence-electron chi connectivity index (χ4n) is 2.21. The molecule has 1 aliphatic carbocycles. The Morgan fingerprint density at radius 1 is 1.26 bits per heavy atom. The van der Waals surface area contributed by atoms with Crippen LogP contribution in [0.3, 0.4) is 0 Å². The first-order chi connectivity index (χ1) is 9.33. The van der Waals surface area contributed by atoms with E-state index in [4.69, 9.17) is 10.2 Å². The molecule has 3 nitrogen and oxygen atoms in total. The van der Waals surface area contributed by atoms with Crippen LogP contribution in [0.5, 0.6) is 0 Å². The van der Waals surface area contributed by atoms with Gasteiger partial charge in [-0.2, -0.15) is 0 Å². The first-order valence-electron chi connectivity index (χ1n) is 6.87. The van der Waals surface area contributed by atoms with Crippen LogP contribution in [0.1, 0.15) is 35.4 Å². The Kier molecular flexibility index (Phi) is 5.87. The molecule has 1 aliphatic rings. The SMILES string of the molecule is OCCC#Cc1ccc(CN(CCO)C2CCC2)s1. The second-order valence-corrected chi connectivity index (χ2v) is 5.99. The third kappa shape index (κ3) is 4.32. The lowest BCUT2D eigenvalue weighted by molar-refractivity contribution is 0.0955. The van der Waals surface area contributed by atoms with Gasteiger partial charge in [-0.15, -0.1) is 11.3 Å². The number of hydrogen-bond acceptors (Lipinski definition) is 4. The molecule has 2 rings (SSSR count). The number of hydrogen-bond donors (Lipinski definition) is 2. The van der Waals surface area contributed by atoms with Crippen molar-refractivity contribution in [1.29, 1.82) is 0 Å². The van der Waals surface area contributed by atoms with E-state index in [9.17, 15) is 0 Å². The van der Waals surface area contributed by atoms with Gasteiger partial charge in [-0.05, 0) is 25.0 Å². The molecule has 0 aliphatic heterocycles. The number of nitrogens with zero attached hydrogens (tertiary/aromatic N) is 1. The Labute approximate surface area is 118 Å². The summed E-state index contributed by atoms with van der Waals surface area (Å²) in [5.74, 6) is 6.01. The average Bonchev–Trinajstić information content (AvgIpc) is 2.75. The first-order valence-corrected chi connectivity index (χ1v) is 7.68. The molecule has 1 fully saturated rings. The van der Waals surface area contributed by atoms with Gasteiger partial charge in [0.15, 0.2) is 0 Å². The molecule has 1 heterocycles. The lowest BCUT2D eigenvalue weighted by Crippen LogP contribution is -2.41. The van der Waals surface area contributed by atoms with E-state index in [1.54, 1.807) is 11.3 Å². The molecule has 0 unspecified atom stereocenters. The van der Waals surface area contributed by atoms with Gasteiger partial charge in [-0.1, -0.05) is 18.3 Å². The van der Waals surface area contributed by atoms with E-state index in [1.165, 1.54) is 24.1 Å². The van der Waals surface area contributed by atoms with E-state index in [1.807, 2.05) is 6.07 Å². The highest BCUT2D eigenvalue weighted by Crippen LogP contribution is 2.27. The van der Waals surface area contributed by atoms with E-state index < -0.39 is 0 Å². The van der Waals surface area contributed by atoms with Gasteiger partial charge >= 0.3 is 0 Å². The van der Waals surface area contributed by atoms with Crippen molar-refractivity contribution in [3.05, 3.63) is 21.9 Å².